The zero-order valence-corrected chi connectivity index (χ0v) is 9.65. The van der Waals surface area contributed by atoms with Crippen LogP contribution in [0.4, 0.5) is 0 Å². The van der Waals surface area contributed by atoms with E-state index >= 15 is 0 Å². The number of carbonyl (C=O) groups is 1. The third-order valence-corrected chi connectivity index (χ3v) is 1.99. The van der Waals surface area contributed by atoms with Crippen molar-refractivity contribution in [2.24, 2.45) is 7.05 Å². The van der Waals surface area contributed by atoms with Crippen molar-refractivity contribution in [1.82, 2.24) is 14.8 Å². The second kappa shape index (κ2) is 4.91. The van der Waals surface area contributed by atoms with E-state index < -0.39 is 0 Å². The highest BCUT2D eigenvalue weighted by molar-refractivity contribution is 5.71. The van der Waals surface area contributed by atoms with Gasteiger partial charge in [-0.2, -0.15) is 5.10 Å². The number of esters is 1. The van der Waals surface area contributed by atoms with Gasteiger partial charge in [-0.1, -0.05) is 13.8 Å². The molecule has 0 aromatic carbocycles. The summed E-state index contributed by atoms with van der Waals surface area (Å²) in [4.78, 5) is 15.5. The lowest BCUT2D eigenvalue weighted by Crippen LogP contribution is -2.11. The van der Waals surface area contributed by atoms with E-state index in [0.717, 1.165) is 5.82 Å². The smallest absolute Gasteiger partial charge is 0.313 e. The van der Waals surface area contributed by atoms with Crippen LogP contribution in [0.5, 0.6) is 0 Å². The largest absolute Gasteiger partial charge is 0.466 e. The Labute approximate surface area is 89.5 Å². The van der Waals surface area contributed by atoms with E-state index in [2.05, 4.69) is 10.1 Å². The van der Waals surface area contributed by atoms with Gasteiger partial charge in [-0.3, -0.25) is 9.48 Å². The monoisotopic (exact) mass is 211 g/mol. The number of rotatable bonds is 4. The maximum absolute atomic E-state index is 11.2. The summed E-state index contributed by atoms with van der Waals surface area (Å²) >= 11 is 0. The molecule has 0 aliphatic rings. The Bertz CT molecular complexity index is 344. The first-order valence-electron chi connectivity index (χ1n) is 5.10. The van der Waals surface area contributed by atoms with E-state index in [1.165, 1.54) is 0 Å². The summed E-state index contributed by atoms with van der Waals surface area (Å²) in [5, 5.41) is 4.22. The first kappa shape index (κ1) is 11.7. The zero-order valence-electron chi connectivity index (χ0n) is 9.65. The predicted molar refractivity (Wildman–Crippen MR) is 55.4 cm³/mol. The molecule has 1 rings (SSSR count). The van der Waals surface area contributed by atoms with Crippen LogP contribution in [0.25, 0.3) is 0 Å². The van der Waals surface area contributed by atoms with Crippen molar-refractivity contribution in [1.29, 1.82) is 0 Å². The van der Waals surface area contributed by atoms with Gasteiger partial charge >= 0.3 is 5.97 Å². The summed E-state index contributed by atoms with van der Waals surface area (Å²) in [6.07, 6.45) is 0.185. The van der Waals surface area contributed by atoms with Crippen LogP contribution in [-0.2, 0) is 23.0 Å². The lowest BCUT2D eigenvalue weighted by atomic mass is 10.2. The number of hydrogen-bond donors (Lipinski definition) is 0. The van der Waals surface area contributed by atoms with Crippen LogP contribution in [0, 0.1) is 0 Å². The Hall–Kier alpha value is -1.39. The summed E-state index contributed by atoms with van der Waals surface area (Å²) < 4.78 is 6.48. The van der Waals surface area contributed by atoms with Crippen LogP contribution in [0.2, 0.25) is 0 Å². The molecule has 0 radical (unpaired) electrons. The highest BCUT2D eigenvalue weighted by Crippen LogP contribution is 2.09. The van der Waals surface area contributed by atoms with Gasteiger partial charge in [0.2, 0.25) is 0 Å². The Kier molecular flexibility index (Phi) is 3.82. The van der Waals surface area contributed by atoms with Crippen LogP contribution in [0.1, 0.15) is 38.3 Å². The number of aromatic nitrogens is 3. The van der Waals surface area contributed by atoms with E-state index in [9.17, 15) is 4.79 Å². The molecule has 1 heterocycles. The van der Waals surface area contributed by atoms with Crippen molar-refractivity contribution in [3.8, 4) is 0 Å². The highest BCUT2D eigenvalue weighted by atomic mass is 16.5. The predicted octanol–water partition coefficient (Wildman–Crippen LogP) is 1.04. The van der Waals surface area contributed by atoms with Crippen molar-refractivity contribution < 1.29 is 9.53 Å². The number of carbonyl (C=O) groups excluding carboxylic acids is 1. The molecule has 0 fully saturated rings. The van der Waals surface area contributed by atoms with Crippen LogP contribution in [-0.4, -0.2) is 27.3 Å². The molecule has 0 amide bonds. The summed E-state index contributed by atoms with van der Waals surface area (Å²) in [5.41, 5.74) is 0. The number of ether oxygens (including phenoxy) is 1. The topological polar surface area (TPSA) is 57.0 Å². The third kappa shape index (κ3) is 3.04. The van der Waals surface area contributed by atoms with Gasteiger partial charge in [-0.15, -0.1) is 0 Å². The zero-order chi connectivity index (χ0) is 11.4. The van der Waals surface area contributed by atoms with Gasteiger partial charge in [-0.25, -0.2) is 4.98 Å². The maximum Gasteiger partial charge on any atom is 0.313 e. The van der Waals surface area contributed by atoms with Gasteiger partial charge in [0.25, 0.3) is 0 Å². The van der Waals surface area contributed by atoms with Crippen LogP contribution < -0.4 is 0 Å². The fourth-order valence-corrected chi connectivity index (χ4v) is 1.18. The minimum absolute atomic E-state index is 0.185. The second-order valence-electron chi connectivity index (χ2n) is 3.65. The number of aryl methyl sites for hydroxylation is 1. The van der Waals surface area contributed by atoms with Gasteiger partial charge in [0.15, 0.2) is 5.82 Å². The van der Waals surface area contributed by atoms with E-state index in [0.29, 0.717) is 12.4 Å². The summed E-state index contributed by atoms with van der Waals surface area (Å²) in [6.45, 7) is 6.22. The molecular weight excluding hydrogens is 194 g/mol. The molecule has 5 nitrogen and oxygen atoms in total. The molecule has 1 aromatic rings. The first-order chi connectivity index (χ1) is 7.04. The van der Waals surface area contributed by atoms with Crippen molar-refractivity contribution in [2.45, 2.75) is 33.1 Å². The quantitative estimate of drug-likeness (QED) is 0.698. The van der Waals surface area contributed by atoms with Crippen LogP contribution in [0.15, 0.2) is 0 Å². The molecule has 5 heteroatoms. The molecule has 0 aliphatic carbocycles. The van der Waals surface area contributed by atoms with Crippen molar-refractivity contribution in [2.75, 3.05) is 6.61 Å². The van der Waals surface area contributed by atoms with Crippen LogP contribution in [0.3, 0.4) is 0 Å². The molecule has 0 saturated heterocycles. The molecular formula is C10H17N3O2. The van der Waals surface area contributed by atoms with Gasteiger partial charge in [0.05, 0.1) is 6.61 Å². The lowest BCUT2D eigenvalue weighted by Gasteiger charge is -1.99. The molecule has 0 unspecified atom stereocenters. The normalized spacial score (nSPS) is 10.7. The second-order valence-corrected chi connectivity index (χ2v) is 3.65. The number of hydrogen-bond acceptors (Lipinski definition) is 4. The van der Waals surface area contributed by atoms with Gasteiger partial charge in [0, 0.05) is 13.0 Å². The molecule has 0 N–H and O–H groups in total. The minimum atomic E-state index is -0.261. The van der Waals surface area contributed by atoms with Crippen molar-refractivity contribution in [3.63, 3.8) is 0 Å². The van der Waals surface area contributed by atoms with E-state index in [-0.39, 0.29) is 18.3 Å². The van der Waals surface area contributed by atoms with Gasteiger partial charge in [0.1, 0.15) is 12.2 Å². The average molecular weight is 211 g/mol. The maximum atomic E-state index is 11.2. The number of nitrogens with zero attached hydrogens (tertiary/aromatic N) is 3. The molecule has 1 aromatic heterocycles. The first-order valence-corrected chi connectivity index (χ1v) is 5.10. The molecule has 0 atom stereocenters. The summed E-state index contributed by atoms with van der Waals surface area (Å²) in [5.74, 6) is 1.42. The Morgan fingerprint density at radius 3 is 2.67 bits per heavy atom. The standard InChI is InChI=1S/C10H17N3O2/c1-5-15-9(14)6-8-11-10(7(2)3)12-13(8)4/h7H,5-6H2,1-4H3. The lowest BCUT2D eigenvalue weighted by molar-refractivity contribution is -0.142. The van der Waals surface area contributed by atoms with E-state index in [4.69, 9.17) is 4.74 Å². The van der Waals surface area contributed by atoms with Gasteiger partial charge < -0.3 is 4.74 Å². The molecule has 0 spiro atoms. The average Bonchev–Trinajstić information content (AvgIpc) is 2.48. The molecule has 0 bridgehead atoms. The van der Waals surface area contributed by atoms with E-state index in [1.54, 1.807) is 18.7 Å². The minimum Gasteiger partial charge on any atom is -0.466 e. The fraction of sp³-hybridized carbons (Fsp3) is 0.700. The van der Waals surface area contributed by atoms with E-state index in [1.807, 2.05) is 13.8 Å². The summed E-state index contributed by atoms with van der Waals surface area (Å²) in [6, 6.07) is 0. The van der Waals surface area contributed by atoms with Gasteiger partial charge in [-0.05, 0) is 6.92 Å². The Morgan fingerprint density at radius 2 is 2.20 bits per heavy atom. The molecule has 84 valence electrons. The highest BCUT2D eigenvalue weighted by Gasteiger charge is 2.13. The SMILES string of the molecule is CCOC(=O)Cc1nc(C(C)C)nn1C. The molecule has 15 heavy (non-hydrogen) atoms. The third-order valence-electron chi connectivity index (χ3n) is 1.99. The van der Waals surface area contributed by atoms with Crippen molar-refractivity contribution in [3.05, 3.63) is 11.6 Å². The summed E-state index contributed by atoms with van der Waals surface area (Å²) in [7, 11) is 1.79. The Balaban J connectivity index is 2.73. The van der Waals surface area contributed by atoms with Crippen molar-refractivity contribution >= 4 is 5.97 Å². The van der Waals surface area contributed by atoms with Crippen LogP contribution >= 0.6 is 0 Å². The fourth-order valence-electron chi connectivity index (χ4n) is 1.18. The molecule has 0 aliphatic heterocycles. The Morgan fingerprint density at radius 1 is 1.53 bits per heavy atom. The molecule has 0 saturated carbocycles.